The average Bonchev–Trinajstić information content (AvgIpc) is 2.68. The van der Waals surface area contributed by atoms with Crippen LogP contribution in [0, 0.1) is 0 Å². The predicted octanol–water partition coefficient (Wildman–Crippen LogP) is 0.949. The van der Waals surface area contributed by atoms with E-state index in [9.17, 15) is 9.59 Å². The number of rotatable bonds is 2. The molecule has 1 fully saturated rings. The highest BCUT2D eigenvalue weighted by molar-refractivity contribution is 9.10. The van der Waals surface area contributed by atoms with Gasteiger partial charge in [0.15, 0.2) is 0 Å². The maximum atomic E-state index is 12.0. The second kappa shape index (κ2) is 7.02. The minimum atomic E-state index is -0.526. The molecule has 1 aromatic heterocycles. The quantitative estimate of drug-likeness (QED) is 0.784. The first-order valence-corrected chi connectivity index (χ1v) is 7.85. The molecule has 0 unspecified atom stereocenters. The number of carbonyl (C=O) groups is 2. The minimum absolute atomic E-state index is 0.384. The van der Waals surface area contributed by atoms with E-state index < -0.39 is 11.8 Å². The van der Waals surface area contributed by atoms with Gasteiger partial charge in [-0.05, 0) is 40.3 Å². The van der Waals surface area contributed by atoms with Gasteiger partial charge in [-0.15, -0.1) is 11.3 Å². The first kappa shape index (κ1) is 14.5. The third-order valence-electron chi connectivity index (χ3n) is 2.92. The third kappa shape index (κ3) is 4.02. The number of thiophene rings is 1. The van der Waals surface area contributed by atoms with E-state index in [1.165, 1.54) is 0 Å². The Bertz CT molecular complexity index is 456. The summed E-state index contributed by atoms with van der Waals surface area (Å²) in [5.74, 6) is -0.960. The molecule has 0 aromatic carbocycles. The summed E-state index contributed by atoms with van der Waals surface area (Å²) in [5.41, 5.74) is 0. The van der Waals surface area contributed by atoms with Crippen LogP contribution < -0.4 is 10.6 Å². The Hall–Kier alpha value is -0.920. The fraction of sp³-hybridized carbons (Fsp3) is 0.500. The van der Waals surface area contributed by atoms with Gasteiger partial charge in [-0.3, -0.25) is 9.59 Å². The lowest BCUT2D eigenvalue weighted by Gasteiger charge is -2.18. The van der Waals surface area contributed by atoms with Crippen LogP contribution in [0.2, 0.25) is 0 Å². The van der Waals surface area contributed by atoms with Crippen molar-refractivity contribution in [1.82, 2.24) is 15.5 Å². The van der Waals surface area contributed by atoms with Crippen LogP contribution in [-0.4, -0.2) is 42.9 Å². The Morgan fingerprint density at radius 1 is 1.42 bits per heavy atom. The maximum absolute atomic E-state index is 12.0. The highest BCUT2D eigenvalue weighted by Gasteiger charge is 2.22. The van der Waals surface area contributed by atoms with Gasteiger partial charge in [0, 0.05) is 29.0 Å². The zero-order valence-electron chi connectivity index (χ0n) is 10.4. The Morgan fingerprint density at radius 3 is 3.00 bits per heavy atom. The molecule has 0 atom stereocenters. The zero-order chi connectivity index (χ0) is 13.7. The Kier molecular flexibility index (Phi) is 5.35. The van der Waals surface area contributed by atoms with Gasteiger partial charge in [0.25, 0.3) is 0 Å². The predicted molar refractivity (Wildman–Crippen MR) is 77.9 cm³/mol. The fourth-order valence-electron chi connectivity index (χ4n) is 1.88. The van der Waals surface area contributed by atoms with Crippen molar-refractivity contribution in [2.45, 2.75) is 13.0 Å². The normalized spacial score (nSPS) is 15.9. The van der Waals surface area contributed by atoms with E-state index in [4.69, 9.17) is 0 Å². The van der Waals surface area contributed by atoms with Crippen molar-refractivity contribution in [3.63, 3.8) is 0 Å². The molecule has 0 bridgehead atoms. The fourth-order valence-corrected chi connectivity index (χ4v) is 3.31. The molecule has 1 aromatic rings. The van der Waals surface area contributed by atoms with E-state index in [1.807, 2.05) is 11.4 Å². The molecule has 5 nitrogen and oxygen atoms in total. The molecule has 1 saturated heterocycles. The van der Waals surface area contributed by atoms with Gasteiger partial charge in [-0.2, -0.15) is 0 Å². The van der Waals surface area contributed by atoms with Crippen LogP contribution in [0.25, 0.3) is 0 Å². The standard InChI is InChI=1S/C12H16BrN3O2S/c13-9-2-7-19-10(9)8-15-11(17)12(18)16-5-1-3-14-4-6-16/h2,7,14H,1,3-6,8H2,(H,15,17). The second-order valence-electron chi connectivity index (χ2n) is 4.27. The minimum Gasteiger partial charge on any atom is -0.343 e. The SMILES string of the molecule is O=C(NCc1sccc1Br)C(=O)N1CCCNCC1. The summed E-state index contributed by atoms with van der Waals surface area (Å²) in [6, 6.07) is 1.93. The van der Waals surface area contributed by atoms with Gasteiger partial charge >= 0.3 is 11.8 Å². The van der Waals surface area contributed by atoms with Crippen LogP contribution in [0.1, 0.15) is 11.3 Å². The molecular formula is C12H16BrN3O2S. The maximum Gasteiger partial charge on any atom is 0.311 e. The molecule has 0 aliphatic carbocycles. The molecule has 19 heavy (non-hydrogen) atoms. The van der Waals surface area contributed by atoms with Gasteiger partial charge in [0.2, 0.25) is 0 Å². The van der Waals surface area contributed by atoms with E-state index in [2.05, 4.69) is 26.6 Å². The molecule has 0 saturated carbocycles. The number of carbonyl (C=O) groups excluding carboxylic acids is 2. The molecule has 1 aliphatic heterocycles. The van der Waals surface area contributed by atoms with Crippen molar-refractivity contribution in [2.75, 3.05) is 26.2 Å². The van der Waals surface area contributed by atoms with Crippen molar-refractivity contribution < 1.29 is 9.59 Å². The number of amides is 2. The summed E-state index contributed by atoms with van der Waals surface area (Å²) in [4.78, 5) is 26.4. The van der Waals surface area contributed by atoms with Crippen molar-refractivity contribution in [3.05, 3.63) is 20.8 Å². The summed E-state index contributed by atoms with van der Waals surface area (Å²) in [5, 5.41) is 7.81. The summed E-state index contributed by atoms with van der Waals surface area (Å²) >= 11 is 4.94. The van der Waals surface area contributed by atoms with Crippen molar-refractivity contribution in [1.29, 1.82) is 0 Å². The molecule has 7 heteroatoms. The second-order valence-corrected chi connectivity index (χ2v) is 6.13. The zero-order valence-corrected chi connectivity index (χ0v) is 12.8. The van der Waals surface area contributed by atoms with Gasteiger partial charge < -0.3 is 15.5 Å². The molecule has 2 amide bonds. The van der Waals surface area contributed by atoms with Gasteiger partial charge in [0.05, 0.1) is 6.54 Å². The molecule has 0 spiro atoms. The van der Waals surface area contributed by atoms with Crippen LogP contribution in [-0.2, 0) is 16.1 Å². The first-order chi connectivity index (χ1) is 9.18. The molecular weight excluding hydrogens is 330 g/mol. The van der Waals surface area contributed by atoms with E-state index in [-0.39, 0.29) is 0 Å². The van der Waals surface area contributed by atoms with Crippen LogP contribution >= 0.6 is 27.3 Å². The average molecular weight is 346 g/mol. The van der Waals surface area contributed by atoms with Gasteiger partial charge in [0.1, 0.15) is 0 Å². The van der Waals surface area contributed by atoms with Gasteiger partial charge in [-0.1, -0.05) is 0 Å². The number of hydrogen-bond acceptors (Lipinski definition) is 4. The molecule has 1 aliphatic rings. The first-order valence-electron chi connectivity index (χ1n) is 6.18. The molecule has 0 radical (unpaired) electrons. The summed E-state index contributed by atoms with van der Waals surface area (Å²) in [6.45, 7) is 3.26. The monoisotopic (exact) mass is 345 g/mol. The lowest BCUT2D eigenvalue weighted by atomic mass is 10.3. The van der Waals surface area contributed by atoms with E-state index >= 15 is 0 Å². The topological polar surface area (TPSA) is 61.4 Å². The summed E-state index contributed by atoms with van der Waals surface area (Å²) < 4.78 is 0.962. The summed E-state index contributed by atoms with van der Waals surface area (Å²) in [6.07, 6.45) is 0.884. The Balaban J connectivity index is 1.85. The molecule has 2 rings (SSSR count). The third-order valence-corrected chi connectivity index (χ3v) is 4.85. The number of hydrogen-bond donors (Lipinski definition) is 2. The van der Waals surface area contributed by atoms with Crippen molar-refractivity contribution >= 4 is 39.1 Å². The van der Waals surface area contributed by atoms with Crippen LogP contribution in [0.5, 0.6) is 0 Å². The Morgan fingerprint density at radius 2 is 2.26 bits per heavy atom. The highest BCUT2D eigenvalue weighted by Crippen LogP contribution is 2.22. The number of halogens is 1. The number of nitrogens with zero attached hydrogens (tertiary/aromatic N) is 1. The summed E-state index contributed by atoms with van der Waals surface area (Å²) in [7, 11) is 0. The lowest BCUT2D eigenvalue weighted by Crippen LogP contribution is -2.44. The molecule has 2 N–H and O–H groups in total. The van der Waals surface area contributed by atoms with Gasteiger partial charge in [-0.25, -0.2) is 0 Å². The van der Waals surface area contributed by atoms with Crippen molar-refractivity contribution in [2.24, 2.45) is 0 Å². The van der Waals surface area contributed by atoms with E-state index in [1.54, 1.807) is 16.2 Å². The van der Waals surface area contributed by atoms with Crippen LogP contribution in [0.4, 0.5) is 0 Å². The number of nitrogens with one attached hydrogen (secondary N) is 2. The van der Waals surface area contributed by atoms with Crippen LogP contribution in [0.3, 0.4) is 0 Å². The molecule has 104 valence electrons. The lowest BCUT2D eigenvalue weighted by molar-refractivity contribution is -0.145. The molecule has 2 heterocycles. The van der Waals surface area contributed by atoms with E-state index in [0.29, 0.717) is 19.6 Å². The van der Waals surface area contributed by atoms with E-state index in [0.717, 1.165) is 28.9 Å². The largest absolute Gasteiger partial charge is 0.343 e. The Labute approximate surface area is 124 Å². The highest BCUT2D eigenvalue weighted by atomic mass is 79.9. The van der Waals surface area contributed by atoms with Crippen molar-refractivity contribution in [3.8, 4) is 0 Å². The van der Waals surface area contributed by atoms with Crippen LogP contribution in [0.15, 0.2) is 15.9 Å². The smallest absolute Gasteiger partial charge is 0.311 e.